The lowest BCUT2D eigenvalue weighted by molar-refractivity contribution is -0.137. The van der Waals surface area contributed by atoms with E-state index in [-0.39, 0.29) is 29.1 Å². The zero-order valence-electron chi connectivity index (χ0n) is 15.9. The number of anilines is 1. The number of alkyl halides is 3. The molecule has 30 heavy (non-hydrogen) atoms. The summed E-state index contributed by atoms with van der Waals surface area (Å²) in [5, 5.41) is 12.0. The molecule has 1 aliphatic heterocycles. The number of halogens is 3. The number of carbonyl (C=O) groups is 2. The first-order valence-corrected chi connectivity index (χ1v) is 9.37. The summed E-state index contributed by atoms with van der Waals surface area (Å²) >= 11 is 0. The number of aromatic carboxylic acids is 1. The standard InChI is InChI=1S/C20H18F3N3O4/c1-10-8-11(20(21,22)23)9-24-16(10)30-12-4-6-19(7-5-12)15-13(26-18(19)29)2-3-14(25-15)17(27)28/h2-3,8-9,12H,4-7H2,1H3,(H,26,29)(H,27,28). The molecule has 158 valence electrons. The van der Waals surface area contributed by atoms with Gasteiger partial charge in [-0.3, -0.25) is 4.79 Å². The molecule has 1 saturated carbocycles. The smallest absolute Gasteiger partial charge is 0.417 e. The van der Waals surface area contributed by atoms with Gasteiger partial charge < -0.3 is 15.2 Å². The van der Waals surface area contributed by atoms with Crippen molar-refractivity contribution >= 4 is 17.6 Å². The van der Waals surface area contributed by atoms with Gasteiger partial charge in [-0.15, -0.1) is 0 Å². The van der Waals surface area contributed by atoms with Gasteiger partial charge in [-0.1, -0.05) is 0 Å². The number of carbonyl (C=O) groups excluding carboxylic acids is 1. The number of nitrogens with zero attached hydrogens (tertiary/aromatic N) is 2. The minimum atomic E-state index is -4.47. The van der Waals surface area contributed by atoms with Gasteiger partial charge in [0.2, 0.25) is 11.8 Å². The van der Waals surface area contributed by atoms with E-state index in [1.165, 1.54) is 19.1 Å². The van der Waals surface area contributed by atoms with E-state index in [1.807, 2.05) is 0 Å². The number of fused-ring (bicyclic) bond motifs is 2. The molecule has 1 amide bonds. The van der Waals surface area contributed by atoms with Gasteiger partial charge in [-0.05, 0) is 50.8 Å². The first kappa shape index (κ1) is 20.1. The second kappa shape index (κ2) is 6.96. The highest BCUT2D eigenvalue weighted by atomic mass is 19.4. The van der Waals surface area contributed by atoms with Gasteiger partial charge in [-0.2, -0.15) is 13.2 Å². The second-order valence-electron chi connectivity index (χ2n) is 7.60. The van der Waals surface area contributed by atoms with Crippen LogP contribution in [0, 0.1) is 6.92 Å². The fourth-order valence-electron chi connectivity index (χ4n) is 4.06. The predicted octanol–water partition coefficient (Wildman–Crippen LogP) is 3.71. The van der Waals surface area contributed by atoms with Crippen molar-refractivity contribution in [2.45, 2.75) is 50.3 Å². The number of pyridine rings is 2. The molecule has 3 heterocycles. The third kappa shape index (κ3) is 3.35. The monoisotopic (exact) mass is 421 g/mol. The molecular formula is C20H18F3N3O4. The Morgan fingerprint density at radius 1 is 1.30 bits per heavy atom. The van der Waals surface area contributed by atoms with E-state index in [9.17, 15) is 27.9 Å². The van der Waals surface area contributed by atoms with Crippen LogP contribution in [0.4, 0.5) is 18.9 Å². The van der Waals surface area contributed by atoms with E-state index in [0.717, 1.165) is 12.3 Å². The Morgan fingerprint density at radius 2 is 2.00 bits per heavy atom. The van der Waals surface area contributed by atoms with Gasteiger partial charge >= 0.3 is 12.1 Å². The van der Waals surface area contributed by atoms with Crippen molar-refractivity contribution < 1.29 is 32.6 Å². The highest BCUT2D eigenvalue weighted by molar-refractivity contribution is 6.06. The zero-order valence-corrected chi connectivity index (χ0v) is 15.9. The number of hydrogen-bond acceptors (Lipinski definition) is 5. The highest BCUT2D eigenvalue weighted by Gasteiger charge is 2.50. The molecule has 2 aromatic rings. The Hall–Kier alpha value is -3.17. The number of rotatable bonds is 3. The second-order valence-corrected chi connectivity index (χ2v) is 7.60. The molecule has 0 bridgehead atoms. The molecule has 0 atom stereocenters. The Labute approximate surface area is 169 Å². The predicted molar refractivity (Wildman–Crippen MR) is 98.4 cm³/mol. The molecule has 0 radical (unpaired) electrons. The van der Waals surface area contributed by atoms with E-state index >= 15 is 0 Å². The summed E-state index contributed by atoms with van der Waals surface area (Å²) in [4.78, 5) is 31.9. The van der Waals surface area contributed by atoms with Crippen molar-refractivity contribution in [1.29, 1.82) is 0 Å². The van der Waals surface area contributed by atoms with Gasteiger partial charge in [0, 0.05) is 11.8 Å². The summed E-state index contributed by atoms with van der Waals surface area (Å²) in [5.41, 5.74) is -0.688. The maximum Gasteiger partial charge on any atom is 0.417 e. The van der Waals surface area contributed by atoms with Crippen LogP contribution < -0.4 is 10.1 Å². The van der Waals surface area contributed by atoms with Crippen LogP contribution in [0.5, 0.6) is 5.88 Å². The lowest BCUT2D eigenvalue weighted by Crippen LogP contribution is -2.41. The average Bonchev–Trinajstić information content (AvgIpc) is 2.95. The lowest BCUT2D eigenvalue weighted by Gasteiger charge is -2.35. The van der Waals surface area contributed by atoms with Crippen molar-refractivity contribution in [3.63, 3.8) is 0 Å². The molecule has 2 aromatic heterocycles. The number of carboxylic acid groups (broad SMARTS) is 1. The third-order valence-electron chi connectivity index (χ3n) is 5.67. The number of hydrogen-bond donors (Lipinski definition) is 2. The van der Waals surface area contributed by atoms with E-state index in [2.05, 4.69) is 15.3 Å². The van der Waals surface area contributed by atoms with Gasteiger partial charge in [-0.25, -0.2) is 14.8 Å². The molecule has 2 N–H and O–H groups in total. The normalized spacial score (nSPS) is 23.2. The van der Waals surface area contributed by atoms with Crippen LogP contribution in [0.15, 0.2) is 24.4 Å². The van der Waals surface area contributed by atoms with Crippen LogP contribution in [0.1, 0.15) is 53.0 Å². The first-order valence-electron chi connectivity index (χ1n) is 9.37. The topological polar surface area (TPSA) is 101 Å². The summed E-state index contributed by atoms with van der Waals surface area (Å²) in [5.74, 6) is -1.27. The summed E-state index contributed by atoms with van der Waals surface area (Å²) < 4.78 is 44.2. The largest absolute Gasteiger partial charge is 0.477 e. The van der Waals surface area contributed by atoms with Crippen LogP contribution in [-0.4, -0.2) is 33.1 Å². The van der Waals surface area contributed by atoms with Crippen LogP contribution >= 0.6 is 0 Å². The molecule has 0 saturated heterocycles. The van der Waals surface area contributed by atoms with E-state index in [1.54, 1.807) is 0 Å². The Bertz CT molecular complexity index is 1030. The van der Waals surface area contributed by atoms with Gasteiger partial charge in [0.25, 0.3) is 0 Å². The minimum Gasteiger partial charge on any atom is -0.477 e. The van der Waals surface area contributed by atoms with E-state index < -0.39 is 23.1 Å². The van der Waals surface area contributed by atoms with E-state index in [0.29, 0.717) is 37.1 Å². The quantitative estimate of drug-likeness (QED) is 0.784. The van der Waals surface area contributed by atoms with Gasteiger partial charge in [0.15, 0.2) is 0 Å². The van der Waals surface area contributed by atoms with Crippen LogP contribution in [0.25, 0.3) is 0 Å². The summed E-state index contributed by atoms with van der Waals surface area (Å²) in [6.07, 6.45) is -2.39. The number of aryl methyl sites for hydroxylation is 1. The van der Waals surface area contributed by atoms with Gasteiger partial charge in [0.1, 0.15) is 11.8 Å². The Balaban J connectivity index is 1.51. The molecule has 1 fully saturated rings. The van der Waals surface area contributed by atoms with Crippen molar-refractivity contribution in [3.8, 4) is 5.88 Å². The molecule has 0 unspecified atom stereocenters. The van der Waals surface area contributed by atoms with Crippen LogP contribution in [0.3, 0.4) is 0 Å². The number of amides is 1. The fraction of sp³-hybridized carbons (Fsp3) is 0.400. The minimum absolute atomic E-state index is 0.131. The number of ether oxygens (including phenoxy) is 1. The van der Waals surface area contributed by atoms with Gasteiger partial charge in [0.05, 0.1) is 22.4 Å². The van der Waals surface area contributed by atoms with Crippen LogP contribution in [0.2, 0.25) is 0 Å². The summed E-state index contributed by atoms with van der Waals surface area (Å²) in [7, 11) is 0. The average molecular weight is 421 g/mol. The van der Waals surface area contributed by atoms with Crippen molar-refractivity contribution in [2.75, 3.05) is 5.32 Å². The van der Waals surface area contributed by atoms with Crippen molar-refractivity contribution in [1.82, 2.24) is 9.97 Å². The molecular weight excluding hydrogens is 403 g/mol. The maximum atomic E-state index is 12.8. The first-order chi connectivity index (χ1) is 14.1. The SMILES string of the molecule is Cc1cc(C(F)(F)F)cnc1OC1CCC2(CC1)C(=O)Nc1ccc(C(=O)O)nc12. The molecule has 2 aliphatic rings. The van der Waals surface area contributed by atoms with Crippen LogP contribution in [-0.2, 0) is 16.4 Å². The summed E-state index contributed by atoms with van der Waals surface area (Å²) in [6.45, 7) is 1.50. The molecule has 1 aliphatic carbocycles. The molecule has 4 rings (SSSR count). The van der Waals surface area contributed by atoms with Crippen molar-refractivity contribution in [3.05, 3.63) is 46.9 Å². The Kier molecular flexibility index (Phi) is 4.67. The van der Waals surface area contributed by atoms with E-state index in [4.69, 9.17) is 4.74 Å². The van der Waals surface area contributed by atoms with Crippen molar-refractivity contribution in [2.24, 2.45) is 0 Å². The fourth-order valence-corrected chi connectivity index (χ4v) is 4.06. The molecule has 10 heteroatoms. The Morgan fingerprint density at radius 3 is 2.60 bits per heavy atom. The third-order valence-corrected chi connectivity index (χ3v) is 5.67. The molecule has 7 nitrogen and oxygen atoms in total. The summed E-state index contributed by atoms with van der Waals surface area (Å²) in [6, 6.07) is 3.87. The number of carboxylic acids is 1. The number of aromatic nitrogens is 2. The molecule has 0 aromatic carbocycles. The lowest BCUT2D eigenvalue weighted by atomic mass is 9.71. The highest BCUT2D eigenvalue weighted by Crippen LogP contribution is 2.47. The zero-order chi connectivity index (χ0) is 21.7. The maximum absolute atomic E-state index is 12.8. The molecule has 1 spiro atoms. The number of nitrogens with one attached hydrogen (secondary N) is 1.